The quantitative estimate of drug-likeness (QED) is 0.656. The maximum Gasteiger partial charge on any atom is 0.269 e. The molecule has 2 aromatic rings. The first kappa shape index (κ1) is 11.8. The summed E-state index contributed by atoms with van der Waals surface area (Å²) in [6.45, 7) is 1.78. The normalized spacial score (nSPS) is 10.1. The van der Waals surface area contributed by atoms with Crippen LogP contribution in [-0.4, -0.2) is 14.9 Å². The summed E-state index contributed by atoms with van der Waals surface area (Å²) in [5.41, 5.74) is 6.18. The standard InChI is InChI=1S/C11H10N4O3/c1-7-6-13-11(12)14-10(7)18-9-4-2-8(3-5-9)15(16)17/h2-6H,1H3,(H2,12,13,14). The number of anilines is 1. The lowest BCUT2D eigenvalue weighted by Crippen LogP contribution is -1.98. The van der Waals surface area contributed by atoms with E-state index in [1.807, 2.05) is 0 Å². The van der Waals surface area contributed by atoms with E-state index in [4.69, 9.17) is 10.5 Å². The number of nitrogens with two attached hydrogens (primary N) is 1. The Labute approximate surface area is 102 Å². The van der Waals surface area contributed by atoms with Crippen molar-refractivity contribution >= 4 is 11.6 Å². The Hall–Kier alpha value is -2.70. The van der Waals surface area contributed by atoms with Gasteiger partial charge in [0.2, 0.25) is 11.8 Å². The molecule has 1 aromatic heterocycles. The van der Waals surface area contributed by atoms with Gasteiger partial charge < -0.3 is 10.5 Å². The molecule has 1 aromatic carbocycles. The Balaban J connectivity index is 2.23. The first-order chi connectivity index (χ1) is 8.56. The third-order valence-electron chi connectivity index (χ3n) is 2.21. The van der Waals surface area contributed by atoms with Crippen LogP contribution in [0.5, 0.6) is 11.6 Å². The molecule has 92 valence electrons. The molecule has 0 radical (unpaired) electrons. The van der Waals surface area contributed by atoms with Crippen LogP contribution in [-0.2, 0) is 0 Å². The Morgan fingerprint density at radius 1 is 1.33 bits per heavy atom. The summed E-state index contributed by atoms with van der Waals surface area (Å²) < 4.78 is 5.47. The van der Waals surface area contributed by atoms with Crippen LogP contribution < -0.4 is 10.5 Å². The highest BCUT2D eigenvalue weighted by Gasteiger charge is 2.07. The second-order valence-electron chi connectivity index (χ2n) is 3.57. The van der Waals surface area contributed by atoms with Crippen molar-refractivity contribution in [2.75, 3.05) is 5.73 Å². The van der Waals surface area contributed by atoms with Crippen LogP contribution in [0.4, 0.5) is 11.6 Å². The minimum atomic E-state index is -0.474. The number of ether oxygens (including phenoxy) is 1. The highest BCUT2D eigenvalue weighted by Crippen LogP contribution is 2.24. The number of benzene rings is 1. The van der Waals surface area contributed by atoms with Crippen molar-refractivity contribution in [3.05, 3.63) is 46.1 Å². The lowest BCUT2D eigenvalue weighted by Gasteiger charge is -2.07. The molecule has 7 nitrogen and oxygen atoms in total. The predicted molar refractivity (Wildman–Crippen MR) is 64.4 cm³/mol. The minimum Gasteiger partial charge on any atom is -0.439 e. The van der Waals surface area contributed by atoms with Gasteiger partial charge in [0.25, 0.3) is 5.69 Å². The van der Waals surface area contributed by atoms with E-state index in [2.05, 4.69) is 9.97 Å². The summed E-state index contributed by atoms with van der Waals surface area (Å²) in [5.74, 6) is 0.885. The molecule has 1 heterocycles. The maximum atomic E-state index is 10.5. The van der Waals surface area contributed by atoms with Crippen molar-refractivity contribution in [1.82, 2.24) is 9.97 Å². The molecule has 2 rings (SSSR count). The first-order valence-corrected chi connectivity index (χ1v) is 5.07. The molecule has 0 spiro atoms. The van der Waals surface area contributed by atoms with Gasteiger partial charge in [-0.15, -0.1) is 0 Å². The van der Waals surface area contributed by atoms with Crippen molar-refractivity contribution in [3.8, 4) is 11.6 Å². The topological polar surface area (TPSA) is 104 Å². The summed E-state index contributed by atoms with van der Waals surface area (Å²) in [6.07, 6.45) is 1.54. The van der Waals surface area contributed by atoms with Crippen LogP contribution in [0, 0.1) is 17.0 Å². The highest BCUT2D eigenvalue weighted by molar-refractivity contribution is 5.39. The van der Waals surface area contributed by atoms with E-state index in [0.717, 1.165) is 5.56 Å². The number of nitrogens with zero attached hydrogens (tertiary/aromatic N) is 3. The van der Waals surface area contributed by atoms with Gasteiger partial charge in [0, 0.05) is 23.9 Å². The molecule has 0 unspecified atom stereocenters. The van der Waals surface area contributed by atoms with Gasteiger partial charge in [-0.2, -0.15) is 4.98 Å². The number of non-ortho nitro benzene ring substituents is 1. The van der Waals surface area contributed by atoms with Crippen molar-refractivity contribution < 1.29 is 9.66 Å². The van der Waals surface area contributed by atoms with Gasteiger partial charge >= 0.3 is 0 Å². The number of hydrogen-bond donors (Lipinski definition) is 1. The predicted octanol–water partition coefficient (Wildman–Crippen LogP) is 2.07. The zero-order chi connectivity index (χ0) is 13.1. The van der Waals surface area contributed by atoms with Crippen LogP contribution in [0.1, 0.15) is 5.56 Å². The number of nitro groups is 1. The number of aromatic nitrogens is 2. The van der Waals surface area contributed by atoms with Gasteiger partial charge in [-0.3, -0.25) is 10.1 Å². The van der Waals surface area contributed by atoms with Crippen molar-refractivity contribution in [3.63, 3.8) is 0 Å². The van der Waals surface area contributed by atoms with E-state index in [1.54, 1.807) is 13.1 Å². The molecule has 0 fully saturated rings. The van der Waals surface area contributed by atoms with E-state index in [-0.39, 0.29) is 11.6 Å². The van der Waals surface area contributed by atoms with Crippen molar-refractivity contribution in [1.29, 1.82) is 0 Å². The molecule has 2 N–H and O–H groups in total. The maximum absolute atomic E-state index is 10.5. The average molecular weight is 246 g/mol. The van der Waals surface area contributed by atoms with Crippen LogP contribution in [0.25, 0.3) is 0 Å². The molecule has 0 saturated carbocycles. The van der Waals surface area contributed by atoms with Gasteiger partial charge in [-0.1, -0.05) is 0 Å². The van der Waals surface area contributed by atoms with E-state index in [0.29, 0.717) is 11.6 Å². The van der Waals surface area contributed by atoms with E-state index in [9.17, 15) is 10.1 Å². The van der Waals surface area contributed by atoms with Gasteiger partial charge in [-0.05, 0) is 19.1 Å². The molecular formula is C11H10N4O3. The van der Waals surface area contributed by atoms with Crippen LogP contribution in [0.15, 0.2) is 30.5 Å². The highest BCUT2D eigenvalue weighted by atomic mass is 16.6. The fraction of sp³-hybridized carbons (Fsp3) is 0.0909. The average Bonchev–Trinajstić information content (AvgIpc) is 2.34. The summed E-state index contributed by atoms with van der Waals surface area (Å²) in [4.78, 5) is 17.8. The fourth-order valence-corrected chi connectivity index (χ4v) is 1.29. The van der Waals surface area contributed by atoms with E-state index < -0.39 is 4.92 Å². The number of nitro benzene ring substituents is 1. The molecule has 0 aliphatic heterocycles. The van der Waals surface area contributed by atoms with Crippen molar-refractivity contribution in [2.24, 2.45) is 0 Å². The van der Waals surface area contributed by atoms with Crippen LogP contribution in [0.3, 0.4) is 0 Å². The second kappa shape index (κ2) is 4.66. The van der Waals surface area contributed by atoms with Crippen molar-refractivity contribution in [2.45, 2.75) is 6.92 Å². The number of rotatable bonds is 3. The molecule has 0 aliphatic rings. The Bertz CT molecular complexity index is 583. The van der Waals surface area contributed by atoms with Gasteiger partial charge in [0.15, 0.2) is 0 Å². The molecular weight excluding hydrogens is 236 g/mol. The monoisotopic (exact) mass is 246 g/mol. The van der Waals surface area contributed by atoms with Gasteiger partial charge in [-0.25, -0.2) is 4.98 Å². The Morgan fingerprint density at radius 3 is 2.61 bits per heavy atom. The SMILES string of the molecule is Cc1cnc(N)nc1Oc1ccc([N+](=O)[O-])cc1. The van der Waals surface area contributed by atoms with Gasteiger partial charge in [0.05, 0.1) is 4.92 Å². The summed E-state index contributed by atoms with van der Waals surface area (Å²) in [6, 6.07) is 5.70. The Kier molecular flexibility index (Phi) is 3.05. The summed E-state index contributed by atoms with van der Waals surface area (Å²) in [7, 11) is 0. The molecule has 0 amide bonds. The summed E-state index contributed by atoms with van der Waals surface area (Å²) >= 11 is 0. The largest absolute Gasteiger partial charge is 0.439 e. The van der Waals surface area contributed by atoms with Crippen LogP contribution in [0.2, 0.25) is 0 Å². The van der Waals surface area contributed by atoms with E-state index >= 15 is 0 Å². The molecule has 7 heteroatoms. The van der Waals surface area contributed by atoms with E-state index in [1.165, 1.54) is 24.3 Å². The fourth-order valence-electron chi connectivity index (χ4n) is 1.29. The molecule has 0 atom stereocenters. The van der Waals surface area contributed by atoms with Crippen LogP contribution >= 0.6 is 0 Å². The zero-order valence-electron chi connectivity index (χ0n) is 9.53. The lowest BCUT2D eigenvalue weighted by atomic mass is 10.3. The van der Waals surface area contributed by atoms with Gasteiger partial charge in [0.1, 0.15) is 5.75 Å². The lowest BCUT2D eigenvalue weighted by molar-refractivity contribution is -0.384. The molecule has 0 bridgehead atoms. The minimum absolute atomic E-state index is 0.00118. The Morgan fingerprint density at radius 2 is 2.00 bits per heavy atom. The molecule has 18 heavy (non-hydrogen) atoms. The number of nitrogen functional groups attached to an aromatic ring is 1. The third kappa shape index (κ3) is 2.51. The number of aryl methyl sites for hydroxylation is 1. The molecule has 0 aliphatic carbocycles. The number of hydrogen-bond acceptors (Lipinski definition) is 6. The smallest absolute Gasteiger partial charge is 0.269 e. The zero-order valence-corrected chi connectivity index (χ0v) is 9.53. The molecule has 0 saturated heterocycles. The third-order valence-corrected chi connectivity index (χ3v) is 2.21. The summed E-state index contributed by atoms with van der Waals surface area (Å²) in [5, 5.41) is 10.5. The first-order valence-electron chi connectivity index (χ1n) is 5.07. The second-order valence-corrected chi connectivity index (χ2v) is 3.57.